The monoisotopic (exact) mass is 495 g/mol. The molecule has 9 nitrogen and oxygen atoms in total. The van der Waals surface area contributed by atoms with Gasteiger partial charge in [-0.1, -0.05) is 24.3 Å². The van der Waals surface area contributed by atoms with Crippen molar-refractivity contribution >= 4 is 39.3 Å². The van der Waals surface area contributed by atoms with Crippen molar-refractivity contribution in [2.24, 2.45) is 0 Å². The first-order valence-corrected chi connectivity index (χ1v) is 12.8. The molecule has 1 fully saturated rings. The minimum Gasteiger partial charge on any atom is -0.368 e. The average Bonchev–Trinajstić information content (AvgIpc) is 3.68. The number of hydrogen-bond acceptors (Lipinski definition) is 8. The number of nitriles is 1. The summed E-state index contributed by atoms with van der Waals surface area (Å²) in [6.07, 6.45) is 6.22. The summed E-state index contributed by atoms with van der Waals surface area (Å²) < 4.78 is 2.43. The second kappa shape index (κ2) is 9.36. The topological polar surface area (TPSA) is 124 Å². The largest absolute Gasteiger partial charge is 0.368 e. The number of rotatable bonds is 6. The van der Waals surface area contributed by atoms with E-state index in [9.17, 15) is 5.26 Å². The predicted octanol–water partition coefficient (Wildman–Crippen LogP) is 4.79. The number of fused-ring (bicyclic) bond motifs is 1. The van der Waals surface area contributed by atoms with Gasteiger partial charge in [0.2, 0.25) is 11.9 Å². The van der Waals surface area contributed by atoms with E-state index in [1.165, 1.54) is 10.9 Å². The van der Waals surface area contributed by atoms with Crippen LogP contribution in [0.15, 0.2) is 60.2 Å². The zero-order valence-corrected chi connectivity index (χ0v) is 20.4. The Bertz CT molecular complexity index is 1540. The van der Waals surface area contributed by atoms with Crippen molar-refractivity contribution in [2.45, 2.75) is 25.4 Å². The van der Waals surface area contributed by atoms with Crippen LogP contribution < -0.4 is 16.0 Å². The van der Waals surface area contributed by atoms with Gasteiger partial charge < -0.3 is 20.5 Å². The van der Waals surface area contributed by atoms with Crippen LogP contribution in [0.25, 0.3) is 22.0 Å². The summed E-state index contributed by atoms with van der Waals surface area (Å²) in [6.45, 7) is 2.54. The third-order valence-electron chi connectivity index (χ3n) is 6.70. The molecule has 0 radical (unpaired) electrons. The van der Waals surface area contributed by atoms with Crippen LogP contribution in [-0.4, -0.2) is 37.8 Å². The van der Waals surface area contributed by atoms with Crippen molar-refractivity contribution in [1.29, 1.82) is 5.26 Å². The Morgan fingerprint density at radius 2 is 2.08 bits per heavy atom. The minimum atomic E-state index is 0.287. The second-order valence-corrected chi connectivity index (χ2v) is 9.80. The van der Waals surface area contributed by atoms with Gasteiger partial charge in [0.25, 0.3) is 0 Å². The summed E-state index contributed by atoms with van der Waals surface area (Å²) in [5, 5.41) is 23.7. The summed E-state index contributed by atoms with van der Waals surface area (Å²) in [6, 6.07) is 17.0. The Morgan fingerprint density at radius 3 is 2.83 bits per heavy atom. The van der Waals surface area contributed by atoms with Gasteiger partial charge in [0, 0.05) is 59.9 Å². The number of hydrogen-bond donors (Lipinski definition) is 3. The first-order chi connectivity index (χ1) is 17.7. The van der Waals surface area contributed by atoms with E-state index in [0.717, 1.165) is 47.8 Å². The lowest BCUT2D eigenvalue weighted by atomic mass is 10.0. The van der Waals surface area contributed by atoms with E-state index in [1.54, 1.807) is 11.3 Å². The molecule has 2 aromatic carbocycles. The maximum atomic E-state index is 9.43. The fourth-order valence-corrected chi connectivity index (χ4v) is 5.63. The fraction of sp³-hybridized carbons (Fsp3) is 0.231. The molecular weight excluding hydrogens is 470 g/mol. The minimum absolute atomic E-state index is 0.287. The quantitative estimate of drug-likeness (QED) is 0.309. The fourth-order valence-electron chi connectivity index (χ4n) is 4.94. The standard InChI is InChI=1S/C26H25N9S/c27-14-17-2-1-3-19(12-17)22-16-35(20-6-9-34(10-7-20)26-29-8-11-36-26)23-13-18(4-5-21(22)23)15-30-25-31-24(28)32-33-25/h1-5,8,11-13,16,20H,6-7,9-10,15H2,(H4,28,30,31,32,33). The summed E-state index contributed by atoms with van der Waals surface area (Å²) in [5.41, 5.74) is 10.8. The Labute approximate surface area is 212 Å². The van der Waals surface area contributed by atoms with E-state index < -0.39 is 0 Å². The van der Waals surface area contributed by atoms with Gasteiger partial charge in [0.1, 0.15) is 0 Å². The Balaban J connectivity index is 1.34. The third-order valence-corrected chi connectivity index (χ3v) is 7.53. The van der Waals surface area contributed by atoms with Crippen LogP contribution >= 0.6 is 11.3 Å². The molecule has 5 aromatic rings. The highest BCUT2D eigenvalue weighted by Gasteiger charge is 2.24. The molecule has 4 N–H and O–H groups in total. The molecule has 6 rings (SSSR count). The van der Waals surface area contributed by atoms with Gasteiger partial charge in [0.15, 0.2) is 5.13 Å². The molecule has 1 aliphatic heterocycles. The molecule has 0 bridgehead atoms. The number of H-pyrrole nitrogens is 1. The zero-order valence-electron chi connectivity index (χ0n) is 19.6. The average molecular weight is 496 g/mol. The number of nitrogens with two attached hydrogens (primary N) is 1. The van der Waals surface area contributed by atoms with Gasteiger partial charge in [-0.05, 0) is 42.2 Å². The molecule has 0 spiro atoms. The van der Waals surface area contributed by atoms with E-state index >= 15 is 0 Å². The molecule has 0 saturated carbocycles. The number of nitrogens with zero attached hydrogens (tertiary/aromatic N) is 6. The molecule has 1 saturated heterocycles. The molecule has 36 heavy (non-hydrogen) atoms. The van der Waals surface area contributed by atoms with Crippen molar-refractivity contribution in [1.82, 2.24) is 24.7 Å². The van der Waals surface area contributed by atoms with Crippen LogP contribution in [0, 0.1) is 11.3 Å². The molecule has 10 heteroatoms. The van der Waals surface area contributed by atoms with Crippen molar-refractivity contribution in [2.75, 3.05) is 29.0 Å². The van der Waals surface area contributed by atoms with Gasteiger partial charge in [-0.2, -0.15) is 10.2 Å². The highest BCUT2D eigenvalue weighted by atomic mass is 32.1. The number of piperidine rings is 1. The van der Waals surface area contributed by atoms with E-state index in [-0.39, 0.29) is 5.95 Å². The van der Waals surface area contributed by atoms with Crippen molar-refractivity contribution in [3.8, 4) is 17.2 Å². The van der Waals surface area contributed by atoms with E-state index in [0.29, 0.717) is 24.1 Å². The van der Waals surface area contributed by atoms with Crippen LogP contribution in [0.2, 0.25) is 0 Å². The van der Waals surface area contributed by atoms with Gasteiger partial charge in [-0.3, -0.25) is 0 Å². The number of benzene rings is 2. The molecule has 3 aromatic heterocycles. The number of nitrogen functional groups attached to an aromatic ring is 1. The lowest BCUT2D eigenvalue weighted by molar-refractivity contribution is 0.405. The molecule has 0 amide bonds. The maximum absolute atomic E-state index is 9.43. The normalized spacial score (nSPS) is 14.2. The van der Waals surface area contributed by atoms with Crippen molar-refractivity contribution < 1.29 is 0 Å². The summed E-state index contributed by atoms with van der Waals surface area (Å²) in [7, 11) is 0. The summed E-state index contributed by atoms with van der Waals surface area (Å²) >= 11 is 1.70. The first kappa shape index (κ1) is 22.1. The van der Waals surface area contributed by atoms with Crippen LogP contribution in [0.4, 0.5) is 17.0 Å². The van der Waals surface area contributed by atoms with Gasteiger partial charge in [-0.15, -0.1) is 16.4 Å². The summed E-state index contributed by atoms with van der Waals surface area (Å²) in [5.74, 6) is 0.765. The van der Waals surface area contributed by atoms with Crippen molar-refractivity contribution in [3.05, 3.63) is 71.4 Å². The Hall–Kier alpha value is -4.36. The Kier molecular flexibility index (Phi) is 5.75. The van der Waals surface area contributed by atoms with E-state index in [1.807, 2.05) is 29.8 Å². The number of aromatic amines is 1. The number of thiazole rings is 1. The van der Waals surface area contributed by atoms with Crippen molar-refractivity contribution in [3.63, 3.8) is 0 Å². The van der Waals surface area contributed by atoms with E-state index in [2.05, 4.69) is 71.5 Å². The second-order valence-electron chi connectivity index (χ2n) is 8.92. The highest BCUT2D eigenvalue weighted by molar-refractivity contribution is 7.13. The molecule has 4 heterocycles. The summed E-state index contributed by atoms with van der Waals surface area (Å²) in [4.78, 5) is 11.0. The molecule has 0 aliphatic carbocycles. The SMILES string of the molecule is N#Cc1cccc(-c2cn(C3CCN(c4nccs4)CC3)c3cc(CNc4n[nH]c(N)n4)ccc23)c1. The molecular formula is C26H25N9S. The van der Waals surface area contributed by atoms with Crippen LogP contribution in [0.3, 0.4) is 0 Å². The lowest BCUT2D eigenvalue weighted by Gasteiger charge is -2.33. The predicted molar refractivity (Wildman–Crippen MR) is 143 cm³/mol. The van der Waals surface area contributed by atoms with Crippen LogP contribution in [0.5, 0.6) is 0 Å². The first-order valence-electron chi connectivity index (χ1n) is 11.9. The smallest absolute Gasteiger partial charge is 0.243 e. The van der Waals surface area contributed by atoms with Gasteiger partial charge >= 0.3 is 0 Å². The zero-order chi connectivity index (χ0) is 24.5. The molecule has 0 unspecified atom stereocenters. The lowest BCUT2D eigenvalue weighted by Crippen LogP contribution is -2.34. The Morgan fingerprint density at radius 1 is 1.19 bits per heavy atom. The maximum Gasteiger partial charge on any atom is 0.243 e. The van der Waals surface area contributed by atoms with Crippen LogP contribution in [0.1, 0.15) is 30.0 Å². The van der Waals surface area contributed by atoms with E-state index in [4.69, 9.17) is 5.73 Å². The molecule has 180 valence electrons. The molecule has 1 aliphatic rings. The van der Waals surface area contributed by atoms with Gasteiger partial charge in [0.05, 0.1) is 11.6 Å². The third kappa shape index (κ3) is 4.25. The van der Waals surface area contributed by atoms with Gasteiger partial charge in [-0.25, -0.2) is 10.1 Å². The number of anilines is 3. The number of aromatic nitrogens is 5. The highest BCUT2D eigenvalue weighted by Crippen LogP contribution is 2.37. The number of nitrogens with one attached hydrogen (secondary N) is 2. The molecule has 0 atom stereocenters. The van der Waals surface area contributed by atoms with Crippen LogP contribution in [-0.2, 0) is 6.54 Å².